The Morgan fingerprint density at radius 2 is 2.18 bits per heavy atom. The monoisotopic (exact) mass is 254 g/mol. The summed E-state index contributed by atoms with van der Waals surface area (Å²) in [7, 11) is 0. The van der Waals surface area contributed by atoms with Gasteiger partial charge in [0, 0.05) is 5.56 Å². The van der Waals surface area contributed by atoms with Gasteiger partial charge < -0.3 is 4.42 Å². The molecule has 0 aliphatic carbocycles. The van der Waals surface area contributed by atoms with Gasteiger partial charge in [0.2, 0.25) is 0 Å². The van der Waals surface area contributed by atoms with Crippen LogP contribution in [0.15, 0.2) is 34.9 Å². The van der Waals surface area contributed by atoms with Gasteiger partial charge in [-0.2, -0.15) is 0 Å². The van der Waals surface area contributed by atoms with E-state index in [0.717, 1.165) is 0 Å². The second kappa shape index (κ2) is 4.87. The molecule has 2 aromatic rings. The molecule has 0 fully saturated rings. The van der Waals surface area contributed by atoms with Gasteiger partial charge in [0.15, 0.2) is 5.22 Å². The third-order valence-corrected chi connectivity index (χ3v) is 2.96. The second-order valence-corrected chi connectivity index (χ2v) is 4.10. The van der Waals surface area contributed by atoms with Gasteiger partial charge in [-0.25, -0.2) is 9.82 Å². The average molecular weight is 255 g/mol. The average Bonchev–Trinajstić information content (AvgIpc) is 2.71. The maximum Gasteiger partial charge on any atom is 0.198 e. The van der Waals surface area contributed by atoms with E-state index in [-0.39, 0.29) is 11.0 Å². The smallest absolute Gasteiger partial charge is 0.198 e. The summed E-state index contributed by atoms with van der Waals surface area (Å²) < 4.78 is 18.5. The highest BCUT2D eigenvalue weighted by molar-refractivity contribution is 6.29. The normalized spacial score (nSPS) is 12.7. The summed E-state index contributed by atoms with van der Waals surface area (Å²) in [5.41, 5.74) is 4.55. The summed E-state index contributed by atoms with van der Waals surface area (Å²) in [6.07, 6.45) is 1.46. The van der Waals surface area contributed by atoms with Crippen LogP contribution in [0.3, 0.4) is 0 Å². The van der Waals surface area contributed by atoms with Crippen LogP contribution in [0.1, 0.15) is 22.7 Å². The maximum atomic E-state index is 13.5. The molecule has 17 heavy (non-hydrogen) atoms. The number of aryl methyl sites for hydroxylation is 1. The van der Waals surface area contributed by atoms with Gasteiger partial charge in [-0.3, -0.25) is 5.84 Å². The van der Waals surface area contributed by atoms with Crippen LogP contribution in [-0.2, 0) is 0 Å². The fourth-order valence-corrected chi connectivity index (χ4v) is 1.89. The molecule has 0 amide bonds. The summed E-state index contributed by atoms with van der Waals surface area (Å²) >= 11 is 5.88. The number of benzene rings is 1. The Morgan fingerprint density at radius 3 is 2.71 bits per heavy atom. The van der Waals surface area contributed by atoms with Crippen molar-refractivity contribution in [2.24, 2.45) is 5.84 Å². The molecule has 0 aliphatic heterocycles. The number of hydrogen-bond acceptors (Lipinski definition) is 3. The lowest BCUT2D eigenvalue weighted by molar-refractivity contribution is 0.553. The Labute approximate surface area is 103 Å². The summed E-state index contributed by atoms with van der Waals surface area (Å²) in [5.74, 6) is 5.20. The minimum absolute atomic E-state index is 0.244. The lowest BCUT2D eigenvalue weighted by Crippen LogP contribution is -2.28. The van der Waals surface area contributed by atoms with Gasteiger partial charge in [-0.05, 0) is 41.8 Å². The van der Waals surface area contributed by atoms with Gasteiger partial charge in [0.25, 0.3) is 0 Å². The standard InChI is InChI=1S/C12H12ClFN2O/c1-7-2-3-8(6-10(7)14)11(16-15)9-4-5-17-12(9)13/h2-6,11,16H,15H2,1H3. The Balaban J connectivity index is 2.42. The molecule has 0 saturated carbocycles. The Hall–Kier alpha value is -1.36. The number of hydrogen-bond donors (Lipinski definition) is 2. The number of halogens is 2. The molecule has 2 rings (SSSR count). The maximum absolute atomic E-state index is 13.5. The summed E-state index contributed by atoms with van der Waals surface area (Å²) in [6.45, 7) is 1.70. The lowest BCUT2D eigenvalue weighted by atomic mass is 10.0. The molecule has 0 aliphatic rings. The van der Waals surface area contributed by atoms with Gasteiger partial charge >= 0.3 is 0 Å². The summed E-state index contributed by atoms with van der Waals surface area (Å²) in [5, 5.41) is 0.244. The zero-order valence-electron chi connectivity index (χ0n) is 9.21. The van der Waals surface area contributed by atoms with Crippen molar-refractivity contribution in [3.05, 3.63) is 58.3 Å². The van der Waals surface area contributed by atoms with Crippen LogP contribution in [0.25, 0.3) is 0 Å². The fourth-order valence-electron chi connectivity index (χ4n) is 1.66. The van der Waals surface area contributed by atoms with Crippen molar-refractivity contribution in [1.29, 1.82) is 0 Å². The Morgan fingerprint density at radius 1 is 1.41 bits per heavy atom. The predicted molar refractivity (Wildman–Crippen MR) is 64.0 cm³/mol. The molecule has 1 atom stereocenters. The first-order valence-electron chi connectivity index (χ1n) is 5.08. The molecule has 0 bridgehead atoms. The van der Waals surface area contributed by atoms with E-state index in [4.69, 9.17) is 21.9 Å². The third-order valence-electron chi connectivity index (χ3n) is 2.65. The topological polar surface area (TPSA) is 51.2 Å². The second-order valence-electron chi connectivity index (χ2n) is 3.76. The van der Waals surface area contributed by atoms with Crippen LogP contribution < -0.4 is 11.3 Å². The number of hydrazine groups is 1. The highest BCUT2D eigenvalue weighted by Gasteiger charge is 2.18. The molecule has 1 aromatic carbocycles. The van der Waals surface area contributed by atoms with Gasteiger partial charge in [-0.1, -0.05) is 12.1 Å². The van der Waals surface area contributed by atoms with Crippen LogP contribution in [0.5, 0.6) is 0 Å². The highest BCUT2D eigenvalue weighted by atomic mass is 35.5. The minimum atomic E-state index is -0.392. The molecule has 1 unspecified atom stereocenters. The minimum Gasteiger partial charge on any atom is -0.453 e. The molecule has 5 heteroatoms. The Bertz CT molecular complexity index is 527. The third kappa shape index (κ3) is 2.34. The molecule has 0 spiro atoms. The molecule has 0 radical (unpaired) electrons. The predicted octanol–water partition coefficient (Wildman–Crippen LogP) is 2.93. The van der Waals surface area contributed by atoms with E-state index in [1.807, 2.05) is 0 Å². The van der Waals surface area contributed by atoms with Crippen molar-refractivity contribution in [2.45, 2.75) is 13.0 Å². The first-order chi connectivity index (χ1) is 8.13. The van der Waals surface area contributed by atoms with E-state index in [9.17, 15) is 4.39 Å². The molecule has 90 valence electrons. The quantitative estimate of drug-likeness (QED) is 0.654. The fraction of sp³-hybridized carbons (Fsp3) is 0.167. The lowest BCUT2D eigenvalue weighted by Gasteiger charge is -2.15. The van der Waals surface area contributed by atoms with Crippen LogP contribution in [0.2, 0.25) is 5.22 Å². The van der Waals surface area contributed by atoms with E-state index in [2.05, 4.69) is 5.43 Å². The van der Waals surface area contributed by atoms with E-state index in [1.54, 1.807) is 25.1 Å². The first kappa shape index (κ1) is 12.1. The number of nitrogens with two attached hydrogens (primary N) is 1. The van der Waals surface area contributed by atoms with Crippen molar-refractivity contribution in [2.75, 3.05) is 0 Å². The van der Waals surface area contributed by atoms with Crippen LogP contribution in [0.4, 0.5) is 4.39 Å². The number of rotatable bonds is 3. The van der Waals surface area contributed by atoms with Gasteiger partial charge in [0.1, 0.15) is 5.82 Å². The van der Waals surface area contributed by atoms with E-state index in [0.29, 0.717) is 16.7 Å². The summed E-state index contributed by atoms with van der Waals surface area (Å²) in [6, 6.07) is 6.24. The summed E-state index contributed by atoms with van der Waals surface area (Å²) in [4.78, 5) is 0. The van der Waals surface area contributed by atoms with Crippen molar-refractivity contribution < 1.29 is 8.81 Å². The van der Waals surface area contributed by atoms with E-state index in [1.165, 1.54) is 12.3 Å². The number of nitrogens with one attached hydrogen (secondary N) is 1. The molecule has 1 aromatic heterocycles. The van der Waals surface area contributed by atoms with E-state index < -0.39 is 6.04 Å². The van der Waals surface area contributed by atoms with Crippen LogP contribution >= 0.6 is 11.6 Å². The molecule has 3 nitrogen and oxygen atoms in total. The van der Waals surface area contributed by atoms with Crippen molar-refractivity contribution in [3.8, 4) is 0 Å². The van der Waals surface area contributed by atoms with Crippen LogP contribution in [0, 0.1) is 12.7 Å². The van der Waals surface area contributed by atoms with Crippen molar-refractivity contribution in [3.63, 3.8) is 0 Å². The largest absolute Gasteiger partial charge is 0.453 e. The SMILES string of the molecule is Cc1ccc(C(NN)c2ccoc2Cl)cc1F. The zero-order chi connectivity index (χ0) is 12.4. The van der Waals surface area contributed by atoms with Gasteiger partial charge in [-0.15, -0.1) is 0 Å². The van der Waals surface area contributed by atoms with E-state index >= 15 is 0 Å². The molecule has 1 heterocycles. The first-order valence-corrected chi connectivity index (χ1v) is 5.46. The van der Waals surface area contributed by atoms with Crippen molar-refractivity contribution >= 4 is 11.6 Å². The Kier molecular flexibility index (Phi) is 3.47. The zero-order valence-corrected chi connectivity index (χ0v) is 9.96. The highest BCUT2D eigenvalue weighted by Crippen LogP contribution is 2.29. The molecule has 0 saturated heterocycles. The molecule has 3 N–H and O–H groups in total. The van der Waals surface area contributed by atoms with Gasteiger partial charge in [0.05, 0.1) is 12.3 Å². The molecular formula is C12H12ClFN2O. The molecular weight excluding hydrogens is 243 g/mol. The number of furan rings is 1. The van der Waals surface area contributed by atoms with Crippen molar-refractivity contribution in [1.82, 2.24) is 5.43 Å². The van der Waals surface area contributed by atoms with Crippen LogP contribution in [-0.4, -0.2) is 0 Å².